The number of hydrogen-bond acceptors (Lipinski definition) is 1. The van der Waals surface area contributed by atoms with E-state index in [9.17, 15) is 4.79 Å². The van der Waals surface area contributed by atoms with Gasteiger partial charge in [-0.1, -0.05) is 50.1 Å². The molecule has 0 aromatic heterocycles. The maximum atomic E-state index is 11.8. The van der Waals surface area contributed by atoms with Gasteiger partial charge < -0.3 is 5.32 Å². The molecule has 0 bridgehead atoms. The van der Waals surface area contributed by atoms with Crippen molar-refractivity contribution >= 4 is 56.0 Å². The minimum atomic E-state index is -0.111. The average Bonchev–Trinajstić information content (AvgIpc) is 2.27. The topological polar surface area (TPSA) is 29.1 Å². The second-order valence-electron chi connectivity index (χ2n) is 3.28. The Labute approximate surface area is 122 Å². The molecule has 0 fully saturated rings. The van der Waals surface area contributed by atoms with Crippen LogP contribution in [0.1, 0.15) is 23.2 Å². The van der Waals surface area contributed by atoms with E-state index in [4.69, 9.17) is 11.6 Å². The van der Waals surface area contributed by atoms with Crippen LogP contribution in [0.5, 0.6) is 0 Å². The summed E-state index contributed by atoms with van der Waals surface area (Å²) in [7, 11) is 0. The summed E-state index contributed by atoms with van der Waals surface area (Å²) < 4.78 is 1.97. The van der Waals surface area contributed by atoms with Gasteiger partial charge in [-0.15, -0.1) is 0 Å². The predicted octanol–water partition coefficient (Wildman–Crippen LogP) is 4.05. The second kappa shape index (κ2) is 7.50. The van der Waals surface area contributed by atoms with Crippen LogP contribution in [0.2, 0.25) is 5.02 Å². The van der Waals surface area contributed by atoms with Crippen molar-refractivity contribution in [2.24, 2.45) is 0 Å². The minimum absolute atomic E-state index is 0.111. The van der Waals surface area contributed by atoms with Gasteiger partial charge in [0.25, 0.3) is 5.91 Å². The molecule has 2 nitrogen and oxygen atoms in total. The van der Waals surface area contributed by atoms with Gasteiger partial charge in [-0.05, 0) is 35.5 Å². The lowest BCUT2D eigenvalue weighted by atomic mass is 10.2. The van der Waals surface area contributed by atoms with Gasteiger partial charge in [0.05, 0.1) is 10.6 Å². The molecule has 16 heavy (non-hydrogen) atoms. The molecule has 1 rings (SSSR count). The molecule has 0 aliphatic carbocycles. The fraction of sp³-hybridized carbons (Fsp3) is 0.364. The lowest BCUT2D eigenvalue weighted by molar-refractivity contribution is 0.0953. The molecular formula is C11H12BrClINO. The Morgan fingerprint density at radius 2 is 2.19 bits per heavy atom. The fourth-order valence-electron chi connectivity index (χ4n) is 1.19. The van der Waals surface area contributed by atoms with E-state index in [0.717, 1.165) is 21.7 Å². The first kappa shape index (κ1) is 14.3. The zero-order chi connectivity index (χ0) is 12.0. The van der Waals surface area contributed by atoms with E-state index in [-0.39, 0.29) is 5.91 Å². The van der Waals surface area contributed by atoms with Crippen LogP contribution in [0.4, 0.5) is 0 Å². The SMILES string of the molecule is O=C(NCCCCI)c1cc(Br)ccc1Cl. The molecule has 1 aromatic rings. The van der Waals surface area contributed by atoms with E-state index >= 15 is 0 Å². The summed E-state index contributed by atoms with van der Waals surface area (Å²) in [4.78, 5) is 11.8. The minimum Gasteiger partial charge on any atom is -0.352 e. The Morgan fingerprint density at radius 3 is 2.88 bits per heavy atom. The third kappa shape index (κ3) is 4.59. The molecule has 0 saturated heterocycles. The number of amides is 1. The molecule has 0 saturated carbocycles. The van der Waals surface area contributed by atoms with Crippen molar-refractivity contribution in [3.8, 4) is 0 Å². The largest absolute Gasteiger partial charge is 0.352 e. The lowest BCUT2D eigenvalue weighted by Crippen LogP contribution is -2.24. The molecule has 88 valence electrons. The lowest BCUT2D eigenvalue weighted by Gasteiger charge is -2.06. The van der Waals surface area contributed by atoms with Gasteiger partial charge in [0.15, 0.2) is 0 Å². The number of unbranched alkanes of at least 4 members (excludes halogenated alkanes) is 1. The van der Waals surface area contributed by atoms with Crippen molar-refractivity contribution in [2.45, 2.75) is 12.8 Å². The molecule has 0 radical (unpaired) electrons. The molecule has 0 heterocycles. The Hall–Kier alpha value is 0.190. The standard InChI is InChI=1S/C11H12BrClINO/c12-8-3-4-10(13)9(7-8)11(16)15-6-2-1-5-14/h3-4,7H,1-2,5-6H2,(H,15,16). The van der Waals surface area contributed by atoms with Crippen LogP contribution in [0.3, 0.4) is 0 Å². The molecule has 0 unspecified atom stereocenters. The number of benzene rings is 1. The summed E-state index contributed by atoms with van der Waals surface area (Å²) in [6.07, 6.45) is 2.12. The zero-order valence-electron chi connectivity index (χ0n) is 8.60. The predicted molar refractivity (Wildman–Crippen MR) is 79.6 cm³/mol. The monoisotopic (exact) mass is 415 g/mol. The van der Waals surface area contributed by atoms with Gasteiger partial charge in [-0.25, -0.2) is 0 Å². The number of alkyl halides is 1. The van der Waals surface area contributed by atoms with Gasteiger partial charge in [-0.3, -0.25) is 4.79 Å². The first-order chi connectivity index (χ1) is 7.65. The van der Waals surface area contributed by atoms with Crippen LogP contribution < -0.4 is 5.32 Å². The zero-order valence-corrected chi connectivity index (χ0v) is 13.1. The van der Waals surface area contributed by atoms with Crippen LogP contribution in [0.15, 0.2) is 22.7 Å². The molecule has 0 aliphatic heterocycles. The van der Waals surface area contributed by atoms with Crippen LogP contribution in [0, 0.1) is 0 Å². The highest BCUT2D eigenvalue weighted by molar-refractivity contribution is 14.1. The van der Waals surface area contributed by atoms with E-state index in [1.165, 1.54) is 0 Å². The van der Waals surface area contributed by atoms with Crippen molar-refractivity contribution < 1.29 is 4.79 Å². The smallest absolute Gasteiger partial charge is 0.252 e. The third-order valence-electron chi connectivity index (χ3n) is 2.02. The third-order valence-corrected chi connectivity index (χ3v) is 3.60. The van der Waals surface area contributed by atoms with Gasteiger partial charge in [0.1, 0.15) is 0 Å². The number of hydrogen-bond donors (Lipinski definition) is 1. The second-order valence-corrected chi connectivity index (χ2v) is 5.68. The van der Waals surface area contributed by atoms with E-state index in [1.54, 1.807) is 12.1 Å². The van der Waals surface area contributed by atoms with Gasteiger partial charge >= 0.3 is 0 Å². The normalized spacial score (nSPS) is 10.2. The van der Waals surface area contributed by atoms with Gasteiger partial charge in [0, 0.05) is 11.0 Å². The molecule has 1 N–H and O–H groups in total. The molecule has 0 atom stereocenters. The average molecular weight is 416 g/mol. The number of rotatable bonds is 5. The highest BCUT2D eigenvalue weighted by atomic mass is 127. The highest BCUT2D eigenvalue weighted by Crippen LogP contribution is 2.20. The Kier molecular flexibility index (Phi) is 6.68. The summed E-state index contributed by atoms with van der Waals surface area (Å²) in [5, 5.41) is 3.34. The van der Waals surface area contributed by atoms with Crippen LogP contribution in [-0.4, -0.2) is 16.9 Å². The first-order valence-electron chi connectivity index (χ1n) is 4.94. The molecular weight excluding hydrogens is 404 g/mol. The van der Waals surface area contributed by atoms with E-state index in [0.29, 0.717) is 17.1 Å². The van der Waals surface area contributed by atoms with Gasteiger partial charge in [-0.2, -0.15) is 0 Å². The maximum absolute atomic E-state index is 11.8. The quantitative estimate of drug-likeness (QED) is 0.438. The van der Waals surface area contributed by atoms with Gasteiger partial charge in [0.2, 0.25) is 0 Å². The number of carbonyl (C=O) groups is 1. The van der Waals surface area contributed by atoms with Crippen LogP contribution in [-0.2, 0) is 0 Å². The fourth-order valence-corrected chi connectivity index (χ4v) is 2.29. The first-order valence-corrected chi connectivity index (χ1v) is 7.64. The van der Waals surface area contributed by atoms with Crippen LogP contribution in [0.25, 0.3) is 0 Å². The molecule has 0 aliphatic rings. The summed E-state index contributed by atoms with van der Waals surface area (Å²) in [5.74, 6) is -0.111. The number of carbonyl (C=O) groups excluding carboxylic acids is 1. The Bertz CT molecular complexity index is 373. The summed E-state index contributed by atoms with van der Waals surface area (Å²) >= 11 is 11.6. The molecule has 0 spiro atoms. The molecule has 1 aromatic carbocycles. The van der Waals surface area contributed by atoms with Crippen LogP contribution >= 0.6 is 50.1 Å². The maximum Gasteiger partial charge on any atom is 0.252 e. The Morgan fingerprint density at radius 1 is 1.44 bits per heavy atom. The Balaban J connectivity index is 2.55. The molecule has 1 amide bonds. The van der Waals surface area contributed by atoms with Crippen molar-refractivity contribution in [1.82, 2.24) is 5.32 Å². The van der Waals surface area contributed by atoms with Crippen molar-refractivity contribution in [2.75, 3.05) is 11.0 Å². The van der Waals surface area contributed by atoms with E-state index < -0.39 is 0 Å². The summed E-state index contributed by atoms with van der Waals surface area (Å²) in [6.45, 7) is 0.699. The van der Waals surface area contributed by atoms with Crippen molar-refractivity contribution in [3.63, 3.8) is 0 Å². The highest BCUT2D eigenvalue weighted by Gasteiger charge is 2.09. The van der Waals surface area contributed by atoms with E-state index in [2.05, 4.69) is 43.8 Å². The summed E-state index contributed by atoms with van der Waals surface area (Å²) in [6, 6.07) is 5.26. The summed E-state index contributed by atoms with van der Waals surface area (Å²) in [5.41, 5.74) is 0.519. The number of nitrogens with one attached hydrogen (secondary N) is 1. The van der Waals surface area contributed by atoms with Crippen molar-refractivity contribution in [1.29, 1.82) is 0 Å². The molecule has 5 heteroatoms. The van der Waals surface area contributed by atoms with E-state index in [1.807, 2.05) is 6.07 Å². The number of halogens is 3. The van der Waals surface area contributed by atoms with Crippen molar-refractivity contribution in [3.05, 3.63) is 33.3 Å².